The fourth-order valence-corrected chi connectivity index (χ4v) is 4.01. The third-order valence-electron chi connectivity index (χ3n) is 5.37. The zero-order valence-corrected chi connectivity index (χ0v) is 17.9. The molecule has 1 heterocycles. The van der Waals surface area contributed by atoms with Gasteiger partial charge in [-0.25, -0.2) is 4.79 Å². The van der Waals surface area contributed by atoms with E-state index in [-0.39, 0.29) is 16.4 Å². The lowest BCUT2D eigenvalue weighted by Crippen LogP contribution is -2.51. The molecule has 0 aromatic heterocycles. The van der Waals surface area contributed by atoms with Crippen LogP contribution in [0.3, 0.4) is 0 Å². The second kappa shape index (κ2) is 8.29. The van der Waals surface area contributed by atoms with E-state index in [0.29, 0.717) is 11.1 Å². The van der Waals surface area contributed by atoms with E-state index in [1.807, 2.05) is 60.7 Å². The maximum absolute atomic E-state index is 13.2. The summed E-state index contributed by atoms with van der Waals surface area (Å²) in [6.45, 7) is 0. The van der Waals surface area contributed by atoms with Crippen LogP contribution in [0.25, 0.3) is 27.6 Å². The highest BCUT2D eigenvalue weighted by atomic mass is 32.1. The molecule has 33 heavy (non-hydrogen) atoms. The second-order valence-electron chi connectivity index (χ2n) is 7.41. The highest BCUT2D eigenvalue weighted by Gasteiger charge is 2.27. The first-order valence-electron chi connectivity index (χ1n) is 10.1. The predicted molar refractivity (Wildman–Crippen MR) is 130 cm³/mol. The number of fused-ring (bicyclic) bond motifs is 2. The van der Waals surface area contributed by atoms with Crippen molar-refractivity contribution >= 4 is 62.7 Å². The van der Waals surface area contributed by atoms with Gasteiger partial charge in [-0.1, -0.05) is 66.7 Å². The predicted octanol–water partition coefficient (Wildman–Crippen LogP) is 4.13. The van der Waals surface area contributed by atoms with E-state index in [1.165, 1.54) is 6.08 Å². The summed E-state index contributed by atoms with van der Waals surface area (Å²) in [7, 11) is 0. The number of hydrogen-bond donors (Lipinski definition) is 2. The normalized spacial score (nSPS) is 13.6. The first-order valence-corrected chi connectivity index (χ1v) is 10.5. The minimum absolute atomic E-state index is 0.0531. The maximum Gasteiger partial charge on any atom is 0.344 e. The lowest BCUT2D eigenvalue weighted by atomic mass is 10.00. The molecule has 0 radical (unpaired) electrons. The average molecular weight is 452 g/mol. The van der Waals surface area contributed by atoms with Gasteiger partial charge >= 0.3 is 5.97 Å². The number of amides is 2. The van der Waals surface area contributed by atoms with E-state index >= 15 is 0 Å². The summed E-state index contributed by atoms with van der Waals surface area (Å²) in [5.74, 6) is -1.56. The molecule has 0 atom stereocenters. The number of carbonyl (C=O) groups is 3. The van der Waals surface area contributed by atoms with Gasteiger partial charge in [0, 0.05) is 5.56 Å². The van der Waals surface area contributed by atoms with Crippen LogP contribution in [-0.2, 0) is 9.59 Å². The van der Waals surface area contributed by atoms with Crippen molar-refractivity contribution in [1.82, 2.24) is 10.6 Å². The van der Waals surface area contributed by atoms with Crippen molar-refractivity contribution in [3.63, 3.8) is 0 Å². The fraction of sp³-hybridized carbons (Fsp3) is 0. The summed E-state index contributed by atoms with van der Waals surface area (Å²) in [6.07, 6.45) is 1.42. The van der Waals surface area contributed by atoms with Crippen LogP contribution in [0.1, 0.15) is 15.9 Å². The molecule has 1 aliphatic rings. The molecule has 2 amide bonds. The van der Waals surface area contributed by atoms with Gasteiger partial charge in [0.1, 0.15) is 11.3 Å². The Morgan fingerprint density at radius 2 is 1.36 bits per heavy atom. The van der Waals surface area contributed by atoms with E-state index in [4.69, 9.17) is 17.0 Å². The Hall–Kier alpha value is -4.36. The van der Waals surface area contributed by atoms with E-state index < -0.39 is 17.8 Å². The van der Waals surface area contributed by atoms with E-state index in [2.05, 4.69) is 10.6 Å². The Kier molecular flexibility index (Phi) is 5.16. The zero-order chi connectivity index (χ0) is 22.9. The Morgan fingerprint density at radius 1 is 0.758 bits per heavy atom. The molecule has 0 saturated carbocycles. The number of carbonyl (C=O) groups excluding carboxylic acids is 3. The molecular formula is C26H16N2O4S. The van der Waals surface area contributed by atoms with Gasteiger partial charge in [-0.2, -0.15) is 0 Å². The number of esters is 1. The molecule has 0 spiro atoms. The van der Waals surface area contributed by atoms with E-state index in [0.717, 1.165) is 21.5 Å². The number of hydrogen-bond acceptors (Lipinski definition) is 5. The summed E-state index contributed by atoms with van der Waals surface area (Å²) in [5.41, 5.74) is 0.718. The summed E-state index contributed by atoms with van der Waals surface area (Å²) in [5, 5.41) is 8.06. The quantitative estimate of drug-likeness (QED) is 0.161. The smallest absolute Gasteiger partial charge is 0.344 e. The molecule has 4 aromatic carbocycles. The number of rotatable bonds is 3. The van der Waals surface area contributed by atoms with Crippen LogP contribution >= 0.6 is 12.2 Å². The van der Waals surface area contributed by atoms with Crippen LogP contribution < -0.4 is 15.4 Å². The van der Waals surface area contributed by atoms with Crippen molar-refractivity contribution in [1.29, 1.82) is 0 Å². The van der Waals surface area contributed by atoms with Gasteiger partial charge in [0.05, 0.1) is 5.56 Å². The highest BCUT2D eigenvalue weighted by molar-refractivity contribution is 7.80. The summed E-state index contributed by atoms with van der Waals surface area (Å²) in [4.78, 5) is 38.0. The van der Waals surface area contributed by atoms with Crippen molar-refractivity contribution in [3.05, 3.63) is 95.6 Å². The Balaban J connectivity index is 1.62. The van der Waals surface area contributed by atoms with Crippen molar-refractivity contribution in [3.8, 4) is 5.75 Å². The summed E-state index contributed by atoms with van der Waals surface area (Å²) >= 11 is 4.87. The topological polar surface area (TPSA) is 84.5 Å². The molecule has 7 heteroatoms. The highest BCUT2D eigenvalue weighted by Crippen LogP contribution is 2.32. The molecule has 0 unspecified atom stereocenters. The zero-order valence-electron chi connectivity index (χ0n) is 17.1. The Labute approximate surface area is 193 Å². The van der Waals surface area contributed by atoms with Crippen LogP contribution in [0, 0.1) is 0 Å². The maximum atomic E-state index is 13.2. The van der Waals surface area contributed by atoms with Crippen molar-refractivity contribution < 1.29 is 19.1 Å². The van der Waals surface area contributed by atoms with Crippen molar-refractivity contribution in [2.75, 3.05) is 0 Å². The Morgan fingerprint density at radius 3 is 2.09 bits per heavy atom. The lowest BCUT2D eigenvalue weighted by molar-refractivity contribution is -0.123. The molecule has 6 nitrogen and oxygen atoms in total. The van der Waals surface area contributed by atoms with Crippen molar-refractivity contribution in [2.24, 2.45) is 0 Å². The molecule has 0 bridgehead atoms. The average Bonchev–Trinajstić information content (AvgIpc) is 2.81. The summed E-state index contributed by atoms with van der Waals surface area (Å²) < 4.78 is 5.81. The van der Waals surface area contributed by atoms with Gasteiger partial charge < -0.3 is 4.74 Å². The molecule has 0 aliphatic carbocycles. The molecule has 1 saturated heterocycles. The van der Waals surface area contributed by atoms with Gasteiger partial charge in [-0.15, -0.1) is 0 Å². The van der Waals surface area contributed by atoms with Crippen LogP contribution in [0.5, 0.6) is 5.75 Å². The minimum Gasteiger partial charge on any atom is -0.422 e. The van der Waals surface area contributed by atoms with E-state index in [1.54, 1.807) is 18.2 Å². The molecular weight excluding hydrogens is 436 g/mol. The summed E-state index contributed by atoms with van der Waals surface area (Å²) in [6, 6.07) is 23.8. The molecule has 1 aliphatic heterocycles. The SMILES string of the molecule is O=C1NC(=S)NC(=O)C1=Cc1c(OC(=O)c2cccc3ccccc23)ccc2ccccc12. The lowest BCUT2D eigenvalue weighted by Gasteiger charge is -2.17. The van der Waals surface area contributed by atoms with Gasteiger partial charge in [0.15, 0.2) is 5.11 Å². The standard InChI is InChI=1S/C26H16N2O4S/c29-23-21(24(30)28-26(33)27-23)14-20-18-10-4-2-7-16(18)12-13-22(20)32-25(31)19-11-5-8-15-6-1-3-9-17(15)19/h1-14H,(H2,27,28,29,30,33). The van der Waals surface area contributed by atoms with Crippen LogP contribution in [-0.4, -0.2) is 22.9 Å². The Bertz CT molecular complexity index is 1500. The van der Waals surface area contributed by atoms with Crippen LogP contribution in [0.2, 0.25) is 0 Å². The van der Waals surface area contributed by atoms with Crippen LogP contribution in [0.15, 0.2) is 84.4 Å². The second-order valence-corrected chi connectivity index (χ2v) is 7.82. The van der Waals surface area contributed by atoms with E-state index in [9.17, 15) is 14.4 Å². The van der Waals surface area contributed by atoms with Gasteiger partial charge in [0.2, 0.25) is 0 Å². The molecule has 4 aromatic rings. The third-order valence-corrected chi connectivity index (χ3v) is 5.58. The fourth-order valence-electron chi connectivity index (χ4n) is 3.82. The van der Waals surface area contributed by atoms with Gasteiger partial charge in [-0.05, 0) is 52.0 Å². The van der Waals surface area contributed by atoms with Gasteiger partial charge in [-0.3, -0.25) is 20.2 Å². The number of benzene rings is 4. The third kappa shape index (κ3) is 3.86. The molecule has 160 valence electrons. The van der Waals surface area contributed by atoms with Crippen LogP contribution in [0.4, 0.5) is 0 Å². The first kappa shape index (κ1) is 20.5. The molecule has 5 rings (SSSR count). The minimum atomic E-state index is -0.622. The molecule has 1 fully saturated rings. The van der Waals surface area contributed by atoms with Gasteiger partial charge in [0.25, 0.3) is 11.8 Å². The molecule has 2 N–H and O–H groups in total. The number of nitrogens with one attached hydrogen (secondary N) is 2. The van der Waals surface area contributed by atoms with Crippen molar-refractivity contribution in [2.45, 2.75) is 0 Å². The number of ether oxygens (including phenoxy) is 1. The first-order chi connectivity index (χ1) is 16.0. The monoisotopic (exact) mass is 452 g/mol. The number of thiocarbonyl (C=S) groups is 1. The largest absolute Gasteiger partial charge is 0.422 e.